The van der Waals surface area contributed by atoms with Gasteiger partial charge in [-0.25, -0.2) is 14.8 Å². The molecule has 2 amide bonds. The third-order valence-corrected chi connectivity index (χ3v) is 3.42. The molecule has 0 aliphatic heterocycles. The smallest absolute Gasteiger partial charge is 0.320 e. The quantitative estimate of drug-likeness (QED) is 0.835. The number of nitrogens with zero attached hydrogens (tertiary/aromatic N) is 2. The Morgan fingerprint density at radius 3 is 2.89 bits per heavy atom. The lowest BCUT2D eigenvalue weighted by molar-refractivity contribution is 0.249. The Labute approximate surface area is 106 Å². The van der Waals surface area contributed by atoms with Crippen molar-refractivity contribution in [3.63, 3.8) is 0 Å². The zero-order valence-corrected chi connectivity index (χ0v) is 10.7. The molecule has 2 rings (SSSR count). The lowest BCUT2D eigenvalue weighted by Crippen LogP contribution is -2.33. The third-order valence-electron chi connectivity index (χ3n) is 3.42. The average molecular weight is 250 g/mol. The molecule has 1 fully saturated rings. The molecule has 0 aromatic carbocycles. The number of carbonyl (C=O) groups is 1. The number of aromatic nitrogens is 2. The summed E-state index contributed by atoms with van der Waals surface area (Å²) in [6.45, 7) is 2.87. The zero-order valence-electron chi connectivity index (χ0n) is 10.7. The summed E-state index contributed by atoms with van der Waals surface area (Å²) in [5, 5.41) is 5.53. The maximum Gasteiger partial charge on any atom is 0.320 e. The highest BCUT2D eigenvalue weighted by Crippen LogP contribution is 2.47. The maximum atomic E-state index is 11.7. The van der Waals surface area contributed by atoms with Gasteiger partial charge in [-0.2, -0.15) is 0 Å². The molecule has 1 aliphatic carbocycles. The zero-order chi connectivity index (χ0) is 13.0. The summed E-state index contributed by atoms with van der Waals surface area (Å²) in [5.74, 6) is 0.855. The van der Waals surface area contributed by atoms with E-state index in [1.54, 1.807) is 6.07 Å². The van der Waals surface area contributed by atoms with Gasteiger partial charge in [0.1, 0.15) is 12.1 Å². The van der Waals surface area contributed by atoms with Crippen LogP contribution in [0.2, 0.25) is 0 Å². The molecule has 18 heavy (non-hydrogen) atoms. The molecule has 0 unspecified atom stereocenters. The predicted molar refractivity (Wildman–Crippen MR) is 67.6 cm³/mol. The van der Waals surface area contributed by atoms with E-state index in [-0.39, 0.29) is 6.03 Å². The molecule has 1 aromatic rings. The molecule has 1 saturated carbocycles. The first-order valence-corrected chi connectivity index (χ1v) is 6.08. The molecular weight excluding hydrogens is 232 g/mol. The van der Waals surface area contributed by atoms with Crippen LogP contribution in [0, 0.1) is 5.41 Å². The Balaban J connectivity index is 1.83. The van der Waals surface area contributed by atoms with Gasteiger partial charge in [0.15, 0.2) is 0 Å². The van der Waals surface area contributed by atoms with Crippen LogP contribution in [-0.4, -0.2) is 29.7 Å². The molecule has 0 bridgehead atoms. The number of hydrogen-bond acceptors (Lipinski definition) is 4. The van der Waals surface area contributed by atoms with Crippen molar-refractivity contribution in [2.24, 2.45) is 5.41 Å². The Morgan fingerprint density at radius 2 is 2.28 bits per heavy atom. The van der Waals surface area contributed by atoms with Gasteiger partial charge < -0.3 is 10.1 Å². The van der Waals surface area contributed by atoms with Crippen molar-refractivity contribution in [2.45, 2.75) is 26.2 Å². The van der Waals surface area contributed by atoms with Crippen LogP contribution in [0.15, 0.2) is 12.4 Å². The number of nitrogens with one attached hydrogen (secondary N) is 2. The van der Waals surface area contributed by atoms with Crippen molar-refractivity contribution >= 4 is 11.8 Å². The van der Waals surface area contributed by atoms with E-state index in [0.29, 0.717) is 17.1 Å². The van der Waals surface area contributed by atoms with Gasteiger partial charge in [-0.05, 0) is 24.7 Å². The van der Waals surface area contributed by atoms with Crippen molar-refractivity contribution in [1.82, 2.24) is 15.3 Å². The first-order valence-electron chi connectivity index (χ1n) is 6.08. The van der Waals surface area contributed by atoms with Crippen LogP contribution in [0.1, 0.15) is 26.2 Å². The number of urea groups is 1. The number of anilines is 1. The van der Waals surface area contributed by atoms with Crippen molar-refractivity contribution in [2.75, 3.05) is 19.0 Å². The van der Waals surface area contributed by atoms with E-state index in [4.69, 9.17) is 4.74 Å². The highest BCUT2D eigenvalue weighted by molar-refractivity contribution is 5.88. The fourth-order valence-electron chi connectivity index (χ4n) is 1.78. The lowest BCUT2D eigenvalue weighted by atomic mass is 10.0. The Hall–Kier alpha value is -1.85. The van der Waals surface area contributed by atoms with E-state index in [0.717, 1.165) is 13.0 Å². The Bertz CT molecular complexity index is 432. The van der Waals surface area contributed by atoms with E-state index in [9.17, 15) is 4.79 Å². The van der Waals surface area contributed by atoms with Gasteiger partial charge in [-0.3, -0.25) is 5.32 Å². The number of amides is 2. The van der Waals surface area contributed by atoms with Crippen LogP contribution in [0.3, 0.4) is 0 Å². The highest BCUT2D eigenvalue weighted by Gasteiger charge is 2.40. The minimum Gasteiger partial charge on any atom is -0.481 e. The molecule has 0 spiro atoms. The minimum atomic E-state index is -0.240. The van der Waals surface area contributed by atoms with Crippen LogP contribution < -0.4 is 15.4 Å². The molecule has 98 valence electrons. The monoisotopic (exact) mass is 250 g/mol. The van der Waals surface area contributed by atoms with E-state index in [2.05, 4.69) is 27.5 Å². The minimum absolute atomic E-state index is 0.240. The molecule has 0 radical (unpaired) electrons. The van der Waals surface area contributed by atoms with E-state index < -0.39 is 0 Å². The summed E-state index contributed by atoms with van der Waals surface area (Å²) >= 11 is 0. The number of rotatable bonds is 5. The summed E-state index contributed by atoms with van der Waals surface area (Å²) < 4.78 is 4.96. The third kappa shape index (κ3) is 3.09. The average Bonchev–Trinajstić information content (AvgIpc) is 3.17. The van der Waals surface area contributed by atoms with Gasteiger partial charge in [0.2, 0.25) is 5.88 Å². The molecule has 6 nitrogen and oxygen atoms in total. The summed E-state index contributed by atoms with van der Waals surface area (Å²) in [7, 11) is 1.52. The summed E-state index contributed by atoms with van der Waals surface area (Å²) in [6.07, 6.45) is 4.85. The van der Waals surface area contributed by atoms with Crippen molar-refractivity contribution in [3.05, 3.63) is 12.4 Å². The van der Waals surface area contributed by atoms with Crippen LogP contribution in [0.25, 0.3) is 0 Å². The van der Waals surface area contributed by atoms with Crippen molar-refractivity contribution in [1.29, 1.82) is 0 Å². The second kappa shape index (κ2) is 5.20. The van der Waals surface area contributed by atoms with E-state index in [1.165, 1.54) is 26.3 Å². The fraction of sp³-hybridized carbons (Fsp3) is 0.583. The topological polar surface area (TPSA) is 76.1 Å². The van der Waals surface area contributed by atoms with Gasteiger partial charge in [0, 0.05) is 12.6 Å². The summed E-state index contributed by atoms with van der Waals surface area (Å²) in [6, 6.07) is 1.34. The van der Waals surface area contributed by atoms with Crippen molar-refractivity contribution in [3.8, 4) is 5.88 Å². The molecule has 6 heteroatoms. The molecule has 2 N–H and O–H groups in total. The Morgan fingerprint density at radius 1 is 1.50 bits per heavy atom. The molecule has 1 aromatic heterocycles. The normalized spacial score (nSPS) is 15.9. The van der Waals surface area contributed by atoms with Crippen molar-refractivity contribution < 1.29 is 9.53 Å². The Kier molecular flexibility index (Phi) is 3.64. The highest BCUT2D eigenvalue weighted by atomic mass is 16.5. The van der Waals surface area contributed by atoms with Crippen LogP contribution >= 0.6 is 0 Å². The number of hydrogen-bond donors (Lipinski definition) is 2. The SMILES string of the molecule is CCC1(CNC(=O)Nc2cc(OC)ncn2)CC1. The van der Waals surface area contributed by atoms with Crippen LogP contribution in [0.4, 0.5) is 10.6 Å². The summed E-state index contributed by atoms with van der Waals surface area (Å²) in [4.78, 5) is 19.5. The molecule has 1 aliphatic rings. The largest absolute Gasteiger partial charge is 0.481 e. The second-order valence-corrected chi connectivity index (χ2v) is 4.61. The number of carbonyl (C=O) groups excluding carboxylic acids is 1. The standard InChI is InChI=1S/C12H18N4O2/c1-3-12(4-5-12)7-13-11(17)16-9-6-10(18-2)15-8-14-9/h6,8H,3-5,7H2,1-2H3,(H2,13,14,15,16,17). The molecule has 0 saturated heterocycles. The van der Waals surface area contributed by atoms with Gasteiger partial charge in [0.25, 0.3) is 0 Å². The maximum absolute atomic E-state index is 11.7. The number of methoxy groups -OCH3 is 1. The van der Waals surface area contributed by atoms with Gasteiger partial charge >= 0.3 is 6.03 Å². The van der Waals surface area contributed by atoms with Gasteiger partial charge in [-0.15, -0.1) is 0 Å². The molecule has 0 atom stereocenters. The summed E-state index contributed by atoms with van der Waals surface area (Å²) in [5.41, 5.74) is 0.334. The first kappa shape index (κ1) is 12.6. The van der Waals surface area contributed by atoms with Crippen LogP contribution in [-0.2, 0) is 0 Å². The molecular formula is C12H18N4O2. The van der Waals surface area contributed by atoms with E-state index in [1.807, 2.05) is 0 Å². The number of ether oxygens (including phenoxy) is 1. The second-order valence-electron chi connectivity index (χ2n) is 4.61. The van der Waals surface area contributed by atoms with E-state index >= 15 is 0 Å². The molecule has 1 heterocycles. The van der Waals surface area contributed by atoms with Gasteiger partial charge in [-0.1, -0.05) is 6.92 Å². The predicted octanol–water partition coefficient (Wildman–Crippen LogP) is 1.80. The lowest BCUT2D eigenvalue weighted by Gasteiger charge is -2.13. The first-order chi connectivity index (χ1) is 8.67. The van der Waals surface area contributed by atoms with Gasteiger partial charge in [0.05, 0.1) is 7.11 Å². The fourth-order valence-corrected chi connectivity index (χ4v) is 1.78. The van der Waals surface area contributed by atoms with Crippen LogP contribution in [0.5, 0.6) is 5.88 Å².